The van der Waals surface area contributed by atoms with Gasteiger partial charge in [0.2, 0.25) is 0 Å². The standard InChI is InChI=1S/C16H15N5O2S/c1-10-9-24-14-13(10)16(23)21-7-6-20(5-2-12(21)19-14)15(22)11-8-17-3-4-18-11/h3-4,8-9H,2,5-7H2,1H3. The predicted octanol–water partition coefficient (Wildman–Crippen LogP) is 1.25. The van der Waals surface area contributed by atoms with Crippen LogP contribution in [0, 0.1) is 6.92 Å². The van der Waals surface area contributed by atoms with Crippen LogP contribution in [-0.2, 0) is 13.0 Å². The quantitative estimate of drug-likeness (QED) is 0.665. The van der Waals surface area contributed by atoms with Crippen molar-refractivity contribution in [2.75, 3.05) is 13.1 Å². The molecule has 0 N–H and O–H groups in total. The van der Waals surface area contributed by atoms with Crippen molar-refractivity contribution in [2.24, 2.45) is 0 Å². The van der Waals surface area contributed by atoms with E-state index < -0.39 is 0 Å². The average Bonchev–Trinajstić information content (AvgIpc) is 2.84. The minimum Gasteiger partial charge on any atom is -0.335 e. The molecule has 122 valence electrons. The van der Waals surface area contributed by atoms with E-state index in [0.29, 0.717) is 37.1 Å². The number of carbonyl (C=O) groups is 1. The van der Waals surface area contributed by atoms with Gasteiger partial charge in [0.1, 0.15) is 16.3 Å². The fraction of sp³-hybridized carbons (Fsp3) is 0.312. The molecule has 0 radical (unpaired) electrons. The van der Waals surface area contributed by atoms with E-state index in [-0.39, 0.29) is 11.5 Å². The van der Waals surface area contributed by atoms with Gasteiger partial charge < -0.3 is 4.90 Å². The van der Waals surface area contributed by atoms with Crippen LogP contribution in [0.4, 0.5) is 0 Å². The van der Waals surface area contributed by atoms with Crippen LogP contribution in [0.5, 0.6) is 0 Å². The molecule has 0 aromatic carbocycles. The van der Waals surface area contributed by atoms with Crippen LogP contribution >= 0.6 is 11.3 Å². The fourth-order valence-electron chi connectivity index (χ4n) is 2.97. The van der Waals surface area contributed by atoms with Crippen LogP contribution < -0.4 is 5.56 Å². The second kappa shape index (κ2) is 5.79. The molecule has 0 spiro atoms. The molecule has 8 heteroatoms. The highest BCUT2D eigenvalue weighted by Gasteiger charge is 2.23. The molecule has 1 aliphatic heterocycles. The average molecular weight is 341 g/mol. The summed E-state index contributed by atoms with van der Waals surface area (Å²) in [6, 6.07) is 0. The maximum Gasteiger partial charge on any atom is 0.274 e. The summed E-state index contributed by atoms with van der Waals surface area (Å²) in [7, 11) is 0. The zero-order valence-electron chi connectivity index (χ0n) is 13.1. The van der Waals surface area contributed by atoms with E-state index in [9.17, 15) is 9.59 Å². The maximum atomic E-state index is 12.8. The maximum absolute atomic E-state index is 12.8. The van der Waals surface area contributed by atoms with E-state index in [0.717, 1.165) is 16.2 Å². The van der Waals surface area contributed by atoms with Gasteiger partial charge >= 0.3 is 0 Å². The number of hydrogen-bond acceptors (Lipinski definition) is 6. The van der Waals surface area contributed by atoms with E-state index in [1.807, 2.05) is 12.3 Å². The molecule has 24 heavy (non-hydrogen) atoms. The lowest BCUT2D eigenvalue weighted by molar-refractivity contribution is 0.0752. The summed E-state index contributed by atoms with van der Waals surface area (Å²) in [5.74, 6) is 0.575. The van der Waals surface area contributed by atoms with Crippen molar-refractivity contribution in [2.45, 2.75) is 19.9 Å². The third-order valence-corrected chi connectivity index (χ3v) is 5.22. The van der Waals surface area contributed by atoms with Crippen molar-refractivity contribution in [3.05, 3.63) is 51.4 Å². The van der Waals surface area contributed by atoms with Gasteiger partial charge in [0.25, 0.3) is 11.5 Å². The molecule has 1 aliphatic rings. The van der Waals surface area contributed by atoms with Crippen LogP contribution in [0.2, 0.25) is 0 Å². The molecule has 0 fully saturated rings. The zero-order valence-corrected chi connectivity index (χ0v) is 13.9. The van der Waals surface area contributed by atoms with E-state index in [1.54, 1.807) is 9.47 Å². The number of rotatable bonds is 1. The van der Waals surface area contributed by atoms with Crippen LogP contribution in [0.15, 0.2) is 28.8 Å². The molecule has 7 nitrogen and oxygen atoms in total. The lowest BCUT2D eigenvalue weighted by atomic mass is 10.2. The van der Waals surface area contributed by atoms with E-state index in [2.05, 4.69) is 15.0 Å². The Hall–Kier alpha value is -2.61. The minimum absolute atomic E-state index is 0.0115. The third kappa shape index (κ3) is 2.39. The zero-order chi connectivity index (χ0) is 16.7. The molecule has 4 heterocycles. The van der Waals surface area contributed by atoms with Crippen molar-refractivity contribution in [1.29, 1.82) is 0 Å². The van der Waals surface area contributed by atoms with Crippen molar-refractivity contribution in [3.8, 4) is 0 Å². The van der Waals surface area contributed by atoms with Gasteiger partial charge in [0.05, 0.1) is 11.6 Å². The Bertz CT molecular complexity index is 979. The summed E-state index contributed by atoms with van der Waals surface area (Å²) in [5.41, 5.74) is 1.27. The number of amides is 1. The van der Waals surface area contributed by atoms with Crippen molar-refractivity contribution >= 4 is 27.5 Å². The molecule has 4 rings (SSSR count). The number of nitrogens with zero attached hydrogens (tertiary/aromatic N) is 5. The molecule has 0 unspecified atom stereocenters. The number of fused-ring (bicyclic) bond motifs is 2. The first-order chi connectivity index (χ1) is 11.6. The summed E-state index contributed by atoms with van der Waals surface area (Å²) in [6.07, 6.45) is 5.05. The summed E-state index contributed by atoms with van der Waals surface area (Å²) in [5, 5.41) is 2.65. The molecule has 3 aromatic rings. The number of hydrogen-bond donors (Lipinski definition) is 0. The highest BCUT2D eigenvalue weighted by atomic mass is 32.1. The van der Waals surface area contributed by atoms with Crippen molar-refractivity contribution < 1.29 is 4.79 Å². The molecule has 0 aliphatic carbocycles. The number of carbonyl (C=O) groups excluding carboxylic acids is 1. The normalized spacial score (nSPS) is 14.5. The highest BCUT2D eigenvalue weighted by Crippen LogP contribution is 2.21. The Kier molecular flexibility index (Phi) is 3.61. The van der Waals surface area contributed by atoms with Gasteiger partial charge in [-0.3, -0.25) is 19.1 Å². The fourth-order valence-corrected chi connectivity index (χ4v) is 3.90. The first-order valence-corrected chi connectivity index (χ1v) is 8.56. The van der Waals surface area contributed by atoms with Gasteiger partial charge in [0, 0.05) is 38.4 Å². The summed E-state index contributed by atoms with van der Waals surface area (Å²) < 4.78 is 1.70. The molecule has 0 saturated heterocycles. The molecule has 3 aromatic heterocycles. The Morgan fingerprint density at radius 2 is 2.12 bits per heavy atom. The predicted molar refractivity (Wildman–Crippen MR) is 90.3 cm³/mol. The number of aromatic nitrogens is 4. The van der Waals surface area contributed by atoms with Gasteiger partial charge in [0.15, 0.2) is 0 Å². The SMILES string of the molecule is Cc1csc2nc3n(c(=O)c12)CCN(C(=O)c1cnccn1)CC3. The third-order valence-electron chi connectivity index (χ3n) is 4.23. The molecule has 1 amide bonds. The molecular formula is C16H15N5O2S. The summed E-state index contributed by atoms with van der Waals surface area (Å²) >= 11 is 1.49. The van der Waals surface area contributed by atoms with Crippen LogP contribution in [0.25, 0.3) is 10.2 Å². The Labute approximate surface area is 141 Å². The van der Waals surface area contributed by atoms with Crippen LogP contribution in [0.1, 0.15) is 21.9 Å². The molecule has 0 saturated carbocycles. The Morgan fingerprint density at radius 1 is 1.25 bits per heavy atom. The largest absolute Gasteiger partial charge is 0.335 e. The van der Waals surface area contributed by atoms with Crippen LogP contribution in [0.3, 0.4) is 0 Å². The lowest BCUT2D eigenvalue weighted by Gasteiger charge is -2.18. The van der Waals surface area contributed by atoms with Gasteiger partial charge in [-0.25, -0.2) is 9.97 Å². The second-order valence-corrected chi connectivity index (χ2v) is 6.57. The number of aryl methyl sites for hydroxylation is 1. The lowest BCUT2D eigenvalue weighted by Crippen LogP contribution is -2.34. The van der Waals surface area contributed by atoms with E-state index in [4.69, 9.17) is 0 Å². The van der Waals surface area contributed by atoms with Gasteiger partial charge in [-0.1, -0.05) is 0 Å². The first-order valence-electron chi connectivity index (χ1n) is 7.68. The van der Waals surface area contributed by atoms with Crippen LogP contribution in [-0.4, -0.2) is 43.4 Å². The Balaban J connectivity index is 1.67. The Morgan fingerprint density at radius 3 is 2.92 bits per heavy atom. The van der Waals surface area contributed by atoms with Crippen molar-refractivity contribution in [3.63, 3.8) is 0 Å². The smallest absolute Gasteiger partial charge is 0.274 e. The summed E-state index contributed by atoms with van der Waals surface area (Å²) in [6.45, 7) is 3.34. The molecular weight excluding hydrogens is 326 g/mol. The topological polar surface area (TPSA) is 81.0 Å². The van der Waals surface area contributed by atoms with Crippen molar-refractivity contribution in [1.82, 2.24) is 24.4 Å². The molecule has 0 atom stereocenters. The second-order valence-electron chi connectivity index (χ2n) is 5.72. The number of thiophene rings is 1. The van der Waals surface area contributed by atoms with Gasteiger partial charge in [-0.15, -0.1) is 11.3 Å². The summed E-state index contributed by atoms with van der Waals surface area (Å²) in [4.78, 5) is 40.4. The first kappa shape index (κ1) is 14.9. The highest BCUT2D eigenvalue weighted by molar-refractivity contribution is 7.16. The monoisotopic (exact) mass is 341 g/mol. The van der Waals surface area contributed by atoms with Gasteiger partial charge in [-0.05, 0) is 17.9 Å². The van der Waals surface area contributed by atoms with Gasteiger partial charge in [-0.2, -0.15) is 0 Å². The van der Waals surface area contributed by atoms with E-state index in [1.165, 1.54) is 29.9 Å². The minimum atomic E-state index is -0.165. The molecule has 0 bridgehead atoms. The van der Waals surface area contributed by atoms with E-state index >= 15 is 0 Å².